The molecule has 0 aliphatic rings. The highest BCUT2D eigenvalue weighted by molar-refractivity contribution is 5.57. The van der Waals surface area contributed by atoms with E-state index in [0.29, 0.717) is 0 Å². The van der Waals surface area contributed by atoms with E-state index in [1.165, 1.54) is 28.1 Å². The number of nitrogens with one attached hydrogen (secondary N) is 2. The molecule has 2 aromatic carbocycles. The van der Waals surface area contributed by atoms with Gasteiger partial charge < -0.3 is 10.6 Å². The van der Waals surface area contributed by atoms with Gasteiger partial charge in [-0.15, -0.1) is 0 Å². The summed E-state index contributed by atoms with van der Waals surface area (Å²) in [5, 5.41) is 7.00. The van der Waals surface area contributed by atoms with Crippen LogP contribution in [0.4, 0.5) is 11.4 Å². The quantitative estimate of drug-likeness (QED) is 0.759. The molecule has 2 rings (SSSR count). The van der Waals surface area contributed by atoms with Crippen LogP contribution >= 0.6 is 0 Å². The minimum atomic E-state index is 0.918. The monoisotopic (exact) mass is 268 g/mol. The Morgan fingerprint density at radius 2 is 1.65 bits per heavy atom. The molecule has 0 atom stereocenters. The van der Waals surface area contributed by atoms with E-state index in [1.807, 2.05) is 0 Å². The van der Waals surface area contributed by atoms with Crippen LogP contribution < -0.4 is 10.6 Å². The van der Waals surface area contributed by atoms with E-state index in [1.54, 1.807) is 0 Å². The predicted octanol–water partition coefficient (Wildman–Crippen LogP) is 4.39. The first kappa shape index (κ1) is 14.4. The minimum absolute atomic E-state index is 0.918. The third-order valence-corrected chi connectivity index (χ3v) is 3.51. The first-order chi connectivity index (χ1) is 9.70. The normalized spacial score (nSPS) is 10.3. The van der Waals surface area contributed by atoms with Crippen molar-refractivity contribution in [3.05, 3.63) is 59.2 Å². The number of anilines is 2. The highest BCUT2D eigenvalue weighted by atomic mass is 14.9. The molecule has 2 heteroatoms. The van der Waals surface area contributed by atoms with Crippen LogP contribution in [0.2, 0.25) is 0 Å². The third kappa shape index (κ3) is 3.77. The van der Waals surface area contributed by atoms with Gasteiger partial charge in [0.2, 0.25) is 0 Å². The fourth-order valence-electron chi connectivity index (χ4n) is 2.43. The zero-order valence-electron chi connectivity index (χ0n) is 12.7. The van der Waals surface area contributed by atoms with Crippen molar-refractivity contribution in [2.75, 3.05) is 23.7 Å². The van der Waals surface area contributed by atoms with Crippen molar-refractivity contribution in [3.8, 4) is 0 Å². The minimum Gasteiger partial charge on any atom is -0.383 e. The number of benzene rings is 2. The Morgan fingerprint density at radius 3 is 2.40 bits per heavy atom. The van der Waals surface area contributed by atoms with E-state index in [2.05, 4.69) is 73.9 Å². The zero-order valence-corrected chi connectivity index (χ0v) is 12.7. The molecule has 0 radical (unpaired) electrons. The van der Waals surface area contributed by atoms with Gasteiger partial charge >= 0.3 is 0 Å². The molecule has 0 saturated carbocycles. The van der Waals surface area contributed by atoms with Crippen molar-refractivity contribution in [3.63, 3.8) is 0 Å². The van der Waals surface area contributed by atoms with Gasteiger partial charge in [0.25, 0.3) is 0 Å². The maximum atomic E-state index is 3.55. The molecule has 2 aromatic rings. The largest absolute Gasteiger partial charge is 0.383 e. The van der Waals surface area contributed by atoms with Gasteiger partial charge in [0.05, 0.1) is 0 Å². The highest BCUT2D eigenvalue weighted by Gasteiger charge is 2.02. The summed E-state index contributed by atoms with van der Waals surface area (Å²) in [6, 6.07) is 15.0. The van der Waals surface area contributed by atoms with Crippen LogP contribution in [-0.4, -0.2) is 13.1 Å². The summed E-state index contributed by atoms with van der Waals surface area (Å²) in [7, 11) is 0. The van der Waals surface area contributed by atoms with Crippen LogP contribution in [-0.2, 0) is 6.42 Å². The standard InChI is InChI=1S/C18H24N2/c1-4-16-9-6-8-15(3)18(16)20-12-11-19-17-10-5-7-14(2)13-17/h5-10,13,19-20H,4,11-12H2,1-3H3. The number of para-hydroxylation sites is 1. The topological polar surface area (TPSA) is 24.1 Å². The maximum absolute atomic E-state index is 3.55. The second-order valence-corrected chi connectivity index (χ2v) is 5.19. The molecule has 0 saturated heterocycles. The smallest absolute Gasteiger partial charge is 0.0402 e. The van der Waals surface area contributed by atoms with Crippen molar-refractivity contribution in [2.24, 2.45) is 0 Å². The van der Waals surface area contributed by atoms with Crippen molar-refractivity contribution >= 4 is 11.4 Å². The lowest BCUT2D eigenvalue weighted by molar-refractivity contribution is 1.05. The van der Waals surface area contributed by atoms with Crippen LogP contribution in [0.25, 0.3) is 0 Å². The van der Waals surface area contributed by atoms with Crippen LogP contribution in [0.1, 0.15) is 23.6 Å². The molecule has 0 amide bonds. The van der Waals surface area contributed by atoms with Crippen molar-refractivity contribution in [1.82, 2.24) is 0 Å². The maximum Gasteiger partial charge on any atom is 0.0402 e. The predicted molar refractivity (Wildman–Crippen MR) is 88.7 cm³/mol. The van der Waals surface area contributed by atoms with Gasteiger partial charge in [0.1, 0.15) is 0 Å². The SMILES string of the molecule is CCc1cccc(C)c1NCCNc1cccc(C)c1. The summed E-state index contributed by atoms with van der Waals surface area (Å²) < 4.78 is 0. The molecule has 0 aliphatic heterocycles. The van der Waals surface area contributed by atoms with E-state index in [-0.39, 0.29) is 0 Å². The van der Waals surface area contributed by atoms with E-state index in [0.717, 1.165) is 19.5 Å². The van der Waals surface area contributed by atoms with Crippen molar-refractivity contribution in [2.45, 2.75) is 27.2 Å². The molecule has 0 spiro atoms. The second-order valence-electron chi connectivity index (χ2n) is 5.19. The lowest BCUT2D eigenvalue weighted by atomic mass is 10.1. The summed E-state index contributed by atoms with van der Waals surface area (Å²) in [4.78, 5) is 0. The van der Waals surface area contributed by atoms with Crippen LogP contribution in [0.15, 0.2) is 42.5 Å². The Balaban J connectivity index is 1.87. The van der Waals surface area contributed by atoms with Crippen LogP contribution in [0.5, 0.6) is 0 Å². The average Bonchev–Trinajstić information content (AvgIpc) is 2.45. The molecule has 2 N–H and O–H groups in total. The summed E-state index contributed by atoms with van der Waals surface area (Å²) in [5.41, 5.74) is 6.48. The van der Waals surface area contributed by atoms with Gasteiger partial charge in [-0.1, -0.05) is 37.3 Å². The first-order valence-corrected chi connectivity index (χ1v) is 7.33. The summed E-state index contributed by atoms with van der Waals surface area (Å²) in [6.45, 7) is 8.32. The molecule has 2 nitrogen and oxygen atoms in total. The van der Waals surface area contributed by atoms with Crippen molar-refractivity contribution < 1.29 is 0 Å². The van der Waals surface area contributed by atoms with Crippen molar-refractivity contribution in [1.29, 1.82) is 0 Å². The number of hydrogen-bond donors (Lipinski definition) is 2. The summed E-state index contributed by atoms with van der Waals surface area (Å²) >= 11 is 0. The lowest BCUT2D eigenvalue weighted by Crippen LogP contribution is -2.15. The average molecular weight is 268 g/mol. The van der Waals surface area contributed by atoms with E-state index in [9.17, 15) is 0 Å². The zero-order chi connectivity index (χ0) is 14.4. The molecule has 0 heterocycles. The van der Waals surface area contributed by atoms with Gasteiger partial charge in [0.15, 0.2) is 0 Å². The Bertz CT molecular complexity index is 561. The van der Waals surface area contributed by atoms with E-state index >= 15 is 0 Å². The second kappa shape index (κ2) is 6.99. The first-order valence-electron chi connectivity index (χ1n) is 7.33. The fraction of sp³-hybridized carbons (Fsp3) is 0.333. The molecular formula is C18H24N2. The summed E-state index contributed by atoms with van der Waals surface area (Å²) in [5.74, 6) is 0. The molecule has 0 unspecified atom stereocenters. The Hall–Kier alpha value is -1.96. The molecule has 106 valence electrons. The Labute approximate surface area is 122 Å². The highest BCUT2D eigenvalue weighted by Crippen LogP contribution is 2.20. The number of rotatable bonds is 6. The molecule has 0 aliphatic carbocycles. The summed E-state index contributed by atoms with van der Waals surface area (Å²) in [6.07, 6.45) is 1.06. The molecule has 0 fully saturated rings. The van der Waals surface area contributed by atoms with Gasteiger partial charge in [-0.05, 0) is 49.1 Å². The molecular weight excluding hydrogens is 244 g/mol. The lowest BCUT2D eigenvalue weighted by Gasteiger charge is -2.14. The fourth-order valence-corrected chi connectivity index (χ4v) is 2.43. The molecule has 0 aromatic heterocycles. The van der Waals surface area contributed by atoms with Gasteiger partial charge in [0, 0.05) is 24.5 Å². The van der Waals surface area contributed by atoms with Crippen LogP contribution in [0.3, 0.4) is 0 Å². The van der Waals surface area contributed by atoms with Crippen LogP contribution in [0, 0.1) is 13.8 Å². The van der Waals surface area contributed by atoms with E-state index < -0.39 is 0 Å². The number of hydrogen-bond acceptors (Lipinski definition) is 2. The molecule has 0 bridgehead atoms. The Morgan fingerprint density at radius 1 is 0.900 bits per heavy atom. The Kier molecular flexibility index (Phi) is 5.05. The van der Waals surface area contributed by atoms with Gasteiger partial charge in [-0.3, -0.25) is 0 Å². The third-order valence-electron chi connectivity index (χ3n) is 3.51. The van der Waals surface area contributed by atoms with E-state index in [4.69, 9.17) is 0 Å². The van der Waals surface area contributed by atoms with Gasteiger partial charge in [-0.2, -0.15) is 0 Å². The molecule has 20 heavy (non-hydrogen) atoms. The number of aryl methyl sites for hydroxylation is 3. The van der Waals surface area contributed by atoms with Gasteiger partial charge in [-0.25, -0.2) is 0 Å².